The molecule has 30 heavy (non-hydrogen) atoms. The minimum absolute atomic E-state index is 0.0104. The summed E-state index contributed by atoms with van der Waals surface area (Å²) in [6, 6.07) is 17.8. The van der Waals surface area contributed by atoms with E-state index in [1.165, 1.54) is 0 Å². The summed E-state index contributed by atoms with van der Waals surface area (Å²) in [7, 11) is 1.80. The summed E-state index contributed by atoms with van der Waals surface area (Å²) in [4.78, 5) is 30.6. The fourth-order valence-electron chi connectivity index (χ4n) is 4.87. The van der Waals surface area contributed by atoms with Crippen molar-refractivity contribution < 1.29 is 9.59 Å². The SMILES string of the molecule is CN1C(=O)[C@](CC(=O)N2CCc3[nH]ncc3C2)(Cc2ccccc2)c2ccccc21. The van der Waals surface area contributed by atoms with Crippen LogP contribution < -0.4 is 4.90 Å². The van der Waals surface area contributed by atoms with Crippen molar-refractivity contribution in [2.45, 2.75) is 31.2 Å². The van der Waals surface area contributed by atoms with Crippen LogP contribution in [0, 0.1) is 0 Å². The second-order valence-corrected chi connectivity index (χ2v) is 8.24. The van der Waals surface area contributed by atoms with Crippen molar-refractivity contribution >= 4 is 17.5 Å². The Balaban J connectivity index is 1.51. The zero-order chi connectivity index (χ0) is 20.7. The maximum absolute atomic E-state index is 13.6. The third kappa shape index (κ3) is 2.91. The molecule has 2 amide bonds. The number of amides is 2. The van der Waals surface area contributed by atoms with E-state index in [4.69, 9.17) is 0 Å². The normalized spacial score (nSPS) is 20.2. The minimum atomic E-state index is -0.888. The Morgan fingerprint density at radius 2 is 1.90 bits per heavy atom. The monoisotopic (exact) mass is 400 g/mol. The summed E-state index contributed by atoms with van der Waals surface area (Å²) in [5, 5.41) is 7.11. The van der Waals surface area contributed by atoms with Crippen LogP contribution in [0.5, 0.6) is 0 Å². The number of nitrogens with zero attached hydrogens (tertiary/aromatic N) is 3. The predicted octanol–water partition coefficient (Wildman–Crippen LogP) is 2.84. The standard InChI is InChI=1S/C24H24N4O2/c1-27-21-10-6-5-9-19(21)24(23(27)30,13-17-7-3-2-4-8-17)14-22(29)28-12-11-20-18(16-28)15-25-26-20/h2-10,15H,11-14,16H2,1H3,(H,25,26)/t24-/m0/s1. The Kier molecular flexibility index (Phi) is 4.42. The number of carbonyl (C=O) groups is 2. The van der Waals surface area contributed by atoms with Crippen LogP contribution in [0.2, 0.25) is 0 Å². The lowest BCUT2D eigenvalue weighted by Gasteiger charge is -2.33. The van der Waals surface area contributed by atoms with Gasteiger partial charge in [-0.3, -0.25) is 14.7 Å². The number of rotatable bonds is 4. The zero-order valence-electron chi connectivity index (χ0n) is 17.0. The number of nitrogens with one attached hydrogen (secondary N) is 1. The molecule has 1 N–H and O–H groups in total. The first kappa shape index (κ1) is 18.6. The molecule has 1 atom stereocenters. The Labute approximate surface area is 175 Å². The number of aromatic amines is 1. The van der Waals surface area contributed by atoms with Gasteiger partial charge in [-0.25, -0.2) is 0 Å². The highest BCUT2D eigenvalue weighted by molar-refractivity contribution is 6.10. The lowest BCUT2D eigenvalue weighted by molar-refractivity contribution is -0.137. The van der Waals surface area contributed by atoms with Crippen molar-refractivity contribution in [1.82, 2.24) is 15.1 Å². The molecule has 1 aromatic heterocycles. The van der Waals surface area contributed by atoms with Crippen molar-refractivity contribution in [1.29, 1.82) is 0 Å². The molecule has 0 saturated heterocycles. The van der Waals surface area contributed by atoms with Gasteiger partial charge >= 0.3 is 0 Å². The van der Waals surface area contributed by atoms with Crippen LogP contribution in [0.3, 0.4) is 0 Å². The number of para-hydroxylation sites is 1. The van der Waals surface area contributed by atoms with Gasteiger partial charge in [0.2, 0.25) is 11.8 Å². The lowest BCUT2D eigenvalue weighted by atomic mass is 9.73. The average Bonchev–Trinajstić information content (AvgIpc) is 3.32. The molecule has 0 unspecified atom stereocenters. The van der Waals surface area contributed by atoms with E-state index in [1.807, 2.05) is 59.5 Å². The Morgan fingerprint density at radius 3 is 2.73 bits per heavy atom. The lowest BCUT2D eigenvalue weighted by Crippen LogP contribution is -2.46. The highest BCUT2D eigenvalue weighted by atomic mass is 16.2. The first-order chi connectivity index (χ1) is 14.6. The van der Waals surface area contributed by atoms with Crippen LogP contribution >= 0.6 is 0 Å². The molecule has 0 bridgehead atoms. The molecular formula is C24H24N4O2. The summed E-state index contributed by atoms with van der Waals surface area (Å²) in [6.07, 6.45) is 3.22. The van der Waals surface area contributed by atoms with Gasteiger partial charge in [0.05, 0.1) is 11.6 Å². The second kappa shape index (κ2) is 7.13. The summed E-state index contributed by atoms with van der Waals surface area (Å²) >= 11 is 0. The largest absolute Gasteiger partial charge is 0.338 e. The Hall–Kier alpha value is -3.41. The molecule has 152 valence electrons. The average molecular weight is 400 g/mol. The number of aromatic nitrogens is 2. The minimum Gasteiger partial charge on any atom is -0.338 e. The molecule has 0 aliphatic carbocycles. The van der Waals surface area contributed by atoms with E-state index >= 15 is 0 Å². The Bertz CT molecular complexity index is 1110. The van der Waals surface area contributed by atoms with Crippen LogP contribution in [0.15, 0.2) is 60.8 Å². The summed E-state index contributed by atoms with van der Waals surface area (Å²) in [6.45, 7) is 1.18. The molecule has 0 radical (unpaired) electrons. The highest BCUT2D eigenvalue weighted by Gasteiger charge is 2.51. The van der Waals surface area contributed by atoms with E-state index in [0.29, 0.717) is 19.5 Å². The number of benzene rings is 2. The van der Waals surface area contributed by atoms with Gasteiger partial charge in [-0.15, -0.1) is 0 Å². The summed E-state index contributed by atoms with van der Waals surface area (Å²) in [5.41, 5.74) is 4.15. The van der Waals surface area contributed by atoms with E-state index in [2.05, 4.69) is 10.2 Å². The zero-order valence-corrected chi connectivity index (χ0v) is 17.0. The van der Waals surface area contributed by atoms with E-state index in [9.17, 15) is 9.59 Å². The van der Waals surface area contributed by atoms with Crippen LogP contribution in [0.1, 0.15) is 28.8 Å². The van der Waals surface area contributed by atoms with Gasteiger partial charge in [-0.1, -0.05) is 48.5 Å². The molecule has 6 nitrogen and oxygen atoms in total. The smallest absolute Gasteiger partial charge is 0.238 e. The molecule has 6 heteroatoms. The fraction of sp³-hybridized carbons (Fsp3) is 0.292. The molecule has 0 fully saturated rings. The van der Waals surface area contributed by atoms with E-state index in [-0.39, 0.29) is 18.2 Å². The molecule has 3 aromatic rings. The number of anilines is 1. The van der Waals surface area contributed by atoms with Gasteiger partial charge in [-0.05, 0) is 23.6 Å². The third-order valence-electron chi connectivity index (χ3n) is 6.45. The maximum Gasteiger partial charge on any atom is 0.238 e. The van der Waals surface area contributed by atoms with Crippen molar-refractivity contribution in [2.75, 3.05) is 18.5 Å². The van der Waals surface area contributed by atoms with Crippen LogP contribution in [0.4, 0.5) is 5.69 Å². The predicted molar refractivity (Wildman–Crippen MR) is 114 cm³/mol. The van der Waals surface area contributed by atoms with E-state index < -0.39 is 5.41 Å². The molecule has 2 aliphatic rings. The van der Waals surface area contributed by atoms with Gasteiger partial charge < -0.3 is 9.80 Å². The quantitative estimate of drug-likeness (QED) is 0.732. The number of hydrogen-bond acceptors (Lipinski definition) is 3. The molecule has 0 spiro atoms. The molecule has 2 aliphatic heterocycles. The second-order valence-electron chi connectivity index (χ2n) is 8.24. The molecule has 5 rings (SSSR count). The van der Waals surface area contributed by atoms with Gasteiger partial charge in [0.1, 0.15) is 0 Å². The van der Waals surface area contributed by atoms with Crippen molar-refractivity contribution in [2.24, 2.45) is 0 Å². The first-order valence-corrected chi connectivity index (χ1v) is 10.3. The number of carbonyl (C=O) groups excluding carboxylic acids is 2. The van der Waals surface area contributed by atoms with E-state index in [1.54, 1.807) is 18.1 Å². The van der Waals surface area contributed by atoms with Crippen molar-refractivity contribution in [3.8, 4) is 0 Å². The molecule has 3 heterocycles. The van der Waals surface area contributed by atoms with Gasteiger partial charge in [0.15, 0.2) is 0 Å². The Morgan fingerprint density at radius 1 is 1.13 bits per heavy atom. The molecular weight excluding hydrogens is 376 g/mol. The van der Waals surface area contributed by atoms with E-state index in [0.717, 1.165) is 34.5 Å². The van der Waals surface area contributed by atoms with Crippen molar-refractivity contribution in [3.63, 3.8) is 0 Å². The first-order valence-electron chi connectivity index (χ1n) is 10.3. The van der Waals surface area contributed by atoms with Gasteiger partial charge in [0, 0.05) is 49.9 Å². The maximum atomic E-state index is 13.6. The summed E-state index contributed by atoms with van der Waals surface area (Å²) < 4.78 is 0. The van der Waals surface area contributed by atoms with Crippen LogP contribution in [-0.4, -0.2) is 40.5 Å². The highest BCUT2D eigenvalue weighted by Crippen LogP contribution is 2.46. The van der Waals surface area contributed by atoms with Crippen LogP contribution in [0.25, 0.3) is 0 Å². The third-order valence-corrected chi connectivity index (χ3v) is 6.45. The number of fused-ring (bicyclic) bond motifs is 2. The van der Waals surface area contributed by atoms with Gasteiger partial charge in [0.25, 0.3) is 0 Å². The van der Waals surface area contributed by atoms with Crippen molar-refractivity contribution in [3.05, 3.63) is 83.2 Å². The molecule has 0 saturated carbocycles. The fourth-order valence-corrected chi connectivity index (χ4v) is 4.87. The number of likely N-dealkylation sites (N-methyl/N-ethyl adjacent to an activating group) is 1. The molecule has 2 aromatic carbocycles. The number of H-pyrrole nitrogens is 1. The summed E-state index contributed by atoms with van der Waals surface area (Å²) in [5.74, 6) is -0.00172. The van der Waals surface area contributed by atoms with Gasteiger partial charge in [-0.2, -0.15) is 5.10 Å². The van der Waals surface area contributed by atoms with Crippen LogP contribution in [-0.2, 0) is 34.4 Å². The topological polar surface area (TPSA) is 69.3 Å². The number of hydrogen-bond donors (Lipinski definition) is 1.